The maximum absolute atomic E-state index is 5.68. The third kappa shape index (κ3) is 22.4. The van der Waals surface area contributed by atoms with E-state index >= 15 is 0 Å². The van der Waals surface area contributed by atoms with Crippen molar-refractivity contribution in [3.8, 4) is 0 Å². The van der Waals surface area contributed by atoms with Gasteiger partial charge in [-0.1, -0.05) is 0 Å². The molecule has 0 spiro atoms. The van der Waals surface area contributed by atoms with Gasteiger partial charge in [0, 0.05) is 79.3 Å². The van der Waals surface area contributed by atoms with E-state index in [9.17, 15) is 0 Å². The summed E-state index contributed by atoms with van der Waals surface area (Å²) in [5, 5.41) is 0. The number of rotatable bonds is 0. The van der Waals surface area contributed by atoms with Crippen molar-refractivity contribution in [2.24, 2.45) is 0 Å². The van der Waals surface area contributed by atoms with Gasteiger partial charge in [-0.25, -0.2) is 0 Å². The third-order valence-electron chi connectivity index (χ3n) is 4.96. The number of hydrogen-bond acceptors (Lipinski definition) is 6. The molecule has 1 rings (SSSR count). The van der Waals surface area contributed by atoms with Crippen LogP contribution in [0.4, 0.5) is 0 Å². The van der Waals surface area contributed by atoms with Gasteiger partial charge >= 0.3 is 0 Å². The van der Waals surface area contributed by atoms with Crippen LogP contribution < -0.4 is 0 Å². The average Bonchev–Trinajstić information content (AvgIpc) is 2.76. The first kappa shape index (κ1) is 27.8. The molecule has 0 aromatic carbocycles. The van der Waals surface area contributed by atoms with Crippen LogP contribution in [-0.4, -0.2) is 79.3 Å². The molecule has 0 aromatic heterocycles. The van der Waals surface area contributed by atoms with Gasteiger partial charge in [0.05, 0.1) is 0 Å². The van der Waals surface area contributed by atoms with Crippen LogP contribution in [0, 0.1) is 0 Å². The third-order valence-corrected chi connectivity index (χ3v) is 4.96. The molecule has 1 aliphatic heterocycles. The summed E-state index contributed by atoms with van der Waals surface area (Å²) < 4.78 is 34.1. The lowest BCUT2D eigenvalue weighted by Crippen LogP contribution is -2.05. The Morgan fingerprint density at radius 3 is 0.367 bits per heavy atom. The number of ether oxygens (including phenoxy) is 6. The lowest BCUT2D eigenvalue weighted by atomic mass is 10.3. The van der Waals surface area contributed by atoms with Crippen molar-refractivity contribution in [3.63, 3.8) is 0 Å². The highest BCUT2D eigenvalue weighted by atomic mass is 16.5. The monoisotopic (exact) mass is 432 g/mol. The van der Waals surface area contributed by atoms with Gasteiger partial charge in [-0.2, -0.15) is 0 Å². The fraction of sp³-hybridized carbons (Fsp3) is 1.00. The molecule has 1 aliphatic rings. The van der Waals surface area contributed by atoms with E-state index in [1.807, 2.05) is 0 Å². The molecular weight excluding hydrogens is 384 g/mol. The van der Waals surface area contributed by atoms with Gasteiger partial charge < -0.3 is 28.4 Å². The van der Waals surface area contributed by atoms with Crippen LogP contribution in [0.15, 0.2) is 0 Å². The highest BCUT2D eigenvalue weighted by Gasteiger charge is 1.97. The summed E-state index contributed by atoms with van der Waals surface area (Å²) in [6.07, 6.45) is 12.9. The molecule has 0 aromatic rings. The summed E-state index contributed by atoms with van der Waals surface area (Å²) in [5.74, 6) is 0. The maximum Gasteiger partial charge on any atom is 0.0466 e. The zero-order valence-electron chi connectivity index (χ0n) is 19.4. The first-order valence-electron chi connectivity index (χ1n) is 12.5. The SMILES string of the molecule is C1CCOCCCCOCCCCOCCCCOCCCCOCCCCOC1. The summed E-state index contributed by atoms with van der Waals surface area (Å²) in [6.45, 7) is 10.0. The van der Waals surface area contributed by atoms with Gasteiger partial charge in [-0.05, 0) is 77.0 Å². The smallest absolute Gasteiger partial charge is 0.0466 e. The summed E-state index contributed by atoms with van der Waals surface area (Å²) >= 11 is 0. The molecule has 0 unspecified atom stereocenters. The standard InChI is InChI=1S/C24H48O6/c1-2-14-26-16-5-6-18-28-20-9-10-22-30-24-12-11-23-29-21-8-7-19-27-17-4-3-15-25-13-1/h1-24H2. The molecule has 0 bridgehead atoms. The van der Waals surface area contributed by atoms with E-state index in [1.54, 1.807) is 0 Å². The van der Waals surface area contributed by atoms with Crippen LogP contribution in [0.1, 0.15) is 77.0 Å². The van der Waals surface area contributed by atoms with Gasteiger partial charge in [0.1, 0.15) is 0 Å². The molecule has 0 saturated carbocycles. The van der Waals surface area contributed by atoms with Crippen molar-refractivity contribution in [2.45, 2.75) is 77.0 Å². The Balaban J connectivity index is 2.00. The second kappa shape index (κ2) is 25.0. The fourth-order valence-electron chi connectivity index (χ4n) is 3.06. The van der Waals surface area contributed by atoms with Crippen LogP contribution in [0.25, 0.3) is 0 Å². The van der Waals surface area contributed by atoms with Crippen molar-refractivity contribution >= 4 is 0 Å². The van der Waals surface area contributed by atoms with Gasteiger partial charge in [0.2, 0.25) is 0 Å². The molecule has 0 N–H and O–H groups in total. The predicted octanol–water partition coefficient (Wildman–Crippen LogP) is 4.78. The Labute approximate surface area is 185 Å². The van der Waals surface area contributed by atoms with Crippen molar-refractivity contribution < 1.29 is 28.4 Å². The first-order valence-corrected chi connectivity index (χ1v) is 12.5. The molecule has 1 fully saturated rings. The van der Waals surface area contributed by atoms with Crippen LogP contribution in [-0.2, 0) is 28.4 Å². The minimum Gasteiger partial charge on any atom is -0.381 e. The Hall–Kier alpha value is -0.240. The van der Waals surface area contributed by atoms with Crippen molar-refractivity contribution in [1.82, 2.24) is 0 Å². The summed E-state index contributed by atoms with van der Waals surface area (Å²) in [5.41, 5.74) is 0. The van der Waals surface area contributed by atoms with Gasteiger partial charge in [-0.15, -0.1) is 0 Å². The Bertz CT molecular complexity index is 169. The highest BCUT2D eigenvalue weighted by molar-refractivity contribution is 4.46. The minimum atomic E-state index is 0.836. The Morgan fingerprint density at radius 1 is 0.167 bits per heavy atom. The molecule has 30 heavy (non-hydrogen) atoms. The second-order valence-electron chi connectivity index (χ2n) is 7.92. The molecule has 180 valence electrons. The molecule has 6 heteroatoms. The van der Waals surface area contributed by atoms with E-state index in [2.05, 4.69) is 0 Å². The van der Waals surface area contributed by atoms with E-state index in [4.69, 9.17) is 28.4 Å². The van der Waals surface area contributed by atoms with E-state index in [1.165, 1.54) is 0 Å². The lowest BCUT2D eigenvalue weighted by molar-refractivity contribution is 0.0750. The second-order valence-corrected chi connectivity index (χ2v) is 7.92. The molecular formula is C24H48O6. The topological polar surface area (TPSA) is 55.4 Å². The Morgan fingerprint density at radius 2 is 0.267 bits per heavy atom. The predicted molar refractivity (Wildman–Crippen MR) is 120 cm³/mol. The minimum absolute atomic E-state index is 0.836. The van der Waals surface area contributed by atoms with Crippen LogP contribution in [0.3, 0.4) is 0 Å². The van der Waals surface area contributed by atoms with Crippen molar-refractivity contribution in [3.05, 3.63) is 0 Å². The number of hydrogen-bond donors (Lipinski definition) is 0. The van der Waals surface area contributed by atoms with E-state index in [0.29, 0.717) is 0 Å². The van der Waals surface area contributed by atoms with Gasteiger partial charge in [-0.3, -0.25) is 0 Å². The molecule has 0 amide bonds. The lowest BCUT2D eigenvalue weighted by Gasteiger charge is -2.08. The summed E-state index contributed by atoms with van der Waals surface area (Å²) in [7, 11) is 0. The van der Waals surface area contributed by atoms with E-state index < -0.39 is 0 Å². The maximum atomic E-state index is 5.68. The van der Waals surface area contributed by atoms with Crippen LogP contribution in [0.5, 0.6) is 0 Å². The fourth-order valence-corrected chi connectivity index (χ4v) is 3.06. The molecule has 0 radical (unpaired) electrons. The Kier molecular flexibility index (Phi) is 23.2. The highest BCUT2D eigenvalue weighted by Crippen LogP contribution is 2.00. The zero-order chi connectivity index (χ0) is 21.2. The van der Waals surface area contributed by atoms with Crippen molar-refractivity contribution in [2.75, 3.05) is 79.3 Å². The van der Waals surface area contributed by atoms with Gasteiger partial charge in [0.15, 0.2) is 0 Å². The zero-order valence-corrected chi connectivity index (χ0v) is 19.4. The molecule has 6 nitrogen and oxygen atoms in total. The largest absolute Gasteiger partial charge is 0.381 e. The first-order chi connectivity index (χ1) is 15.0. The van der Waals surface area contributed by atoms with E-state index in [-0.39, 0.29) is 0 Å². The van der Waals surface area contributed by atoms with Gasteiger partial charge in [0.25, 0.3) is 0 Å². The molecule has 0 aliphatic carbocycles. The normalized spacial score (nSPS) is 24.0. The van der Waals surface area contributed by atoms with Crippen LogP contribution >= 0.6 is 0 Å². The molecule has 0 atom stereocenters. The molecule has 1 heterocycles. The van der Waals surface area contributed by atoms with Crippen LogP contribution in [0.2, 0.25) is 0 Å². The summed E-state index contributed by atoms with van der Waals surface area (Å²) in [4.78, 5) is 0. The van der Waals surface area contributed by atoms with Crippen molar-refractivity contribution in [1.29, 1.82) is 0 Å². The quantitative estimate of drug-likeness (QED) is 0.549. The average molecular weight is 433 g/mol. The molecule has 1 saturated heterocycles. The van der Waals surface area contributed by atoms with E-state index in [0.717, 1.165) is 156 Å². The summed E-state index contributed by atoms with van der Waals surface area (Å²) in [6, 6.07) is 0.